The Labute approximate surface area is 120 Å². The summed E-state index contributed by atoms with van der Waals surface area (Å²) in [6.07, 6.45) is 4.62. The molecule has 0 bridgehead atoms. The zero-order chi connectivity index (χ0) is 14.6. The number of nitrogens with one attached hydrogen (secondary N) is 1. The van der Waals surface area contributed by atoms with Crippen molar-refractivity contribution in [2.45, 2.75) is 30.8 Å². The van der Waals surface area contributed by atoms with E-state index in [0.717, 1.165) is 12.8 Å². The lowest BCUT2D eigenvalue weighted by Crippen LogP contribution is -2.41. The molecule has 1 N–H and O–H groups in total. The summed E-state index contributed by atoms with van der Waals surface area (Å²) in [5.41, 5.74) is 0.576. The summed E-state index contributed by atoms with van der Waals surface area (Å²) in [4.78, 5) is 4.16. The monoisotopic (exact) mass is 299 g/mol. The third-order valence-corrected chi connectivity index (χ3v) is 5.40. The minimum Gasteiger partial charge on any atom is -0.387 e. The quantitative estimate of drug-likeness (QED) is 0.887. The number of hydrogen-bond acceptors (Lipinski definition) is 5. The predicted molar refractivity (Wildman–Crippen MR) is 77.2 cm³/mol. The van der Waals surface area contributed by atoms with Crippen LogP contribution in [0.5, 0.6) is 0 Å². The summed E-state index contributed by atoms with van der Waals surface area (Å²) >= 11 is 0. The molecule has 1 aliphatic rings. The van der Waals surface area contributed by atoms with Crippen LogP contribution in [0.25, 0.3) is 0 Å². The van der Waals surface area contributed by atoms with Crippen LogP contribution in [0.2, 0.25) is 0 Å². The second-order valence-electron chi connectivity index (χ2n) is 4.68. The molecule has 112 valence electrons. The van der Waals surface area contributed by atoms with Crippen LogP contribution in [0.3, 0.4) is 0 Å². The van der Waals surface area contributed by atoms with E-state index >= 15 is 0 Å². The lowest BCUT2D eigenvalue weighted by atomic mass is 10.1. The van der Waals surface area contributed by atoms with Gasteiger partial charge in [-0.3, -0.25) is 4.98 Å². The molecule has 1 aromatic heterocycles. The van der Waals surface area contributed by atoms with Crippen molar-refractivity contribution in [3.05, 3.63) is 18.5 Å². The average Bonchev–Trinajstić information content (AvgIpc) is 2.48. The summed E-state index contributed by atoms with van der Waals surface area (Å²) in [6.45, 7) is 3.61. The smallest absolute Gasteiger partial charge is 0.246 e. The fourth-order valence-corrected chi connectivity index (χ4v) is 4.02. The largest absolute Gasteiger partial charge is 0.387 e. The van der Waals surface area contributed by atoms with Crippen molar-refractivity contribution < 1.29 is 13.2 Å². The Kier molecular flexibility index (Phi) is 4.95. The van der Waals surface area contributed by atoms with Crippen molar-refractivity contribution in [1.82, 2.24) is 9.29 Å². The molecule has 0 spiro atoms. The molecular weight excluding hydrogens is 278 g/mol. The zero-order valence-corrected chi connectivity index (χ0v) is 12.7. The van der Waals surface area contributed by atoms with Crippen LogP contribution in [0, 0.1) is 0 Å². The molecule has 0 atom stereocenters. The molecule has 6 nitrogen and oxygen atoms in total. The van der Waals surface area contributed by atoms with E-state index in [1.165, 1.54) is 10.5 Å². The first-order chi connectivity index (χ1) is 9.59. The summed E-state index contributed by atoms with van der Waals surface area (Å²) in [6, 6.07) is 1.67. The van der Waals surface area contributed by atoms with Gasteiger partial charge in [-0.05, 0) is 25.8 Å². The molecule has 1 aliphatic heterocycles. The van der Waals surface area contributed by atoms with Gasteiger partial charge in [0.05, 0.1) is 11.8 Å². The van der Waals surface area contributed by atoms with Crippen molar-refractivity contribution in [2.24, 2.45) is 0 Å². The highest BCUT2D eigenvalue weighted by Crippen LogP contribution is 2.26. The van der Waals surface area contributed by atoms with Crippen molar-refractivity contribution in [3.63, 3.8) is 0 Å². The SMILES string of the molecule is CCOC1CCN(S(=O)(=O)c2cnccc2NC)CC1. The van der Waals surface area contributed by atoms with E-state index in [9.17, 15) is 8.42 Å². The first kappa shape index (κ1) is 15.2. The van der Waals surface area contributed by atoms with Crippen LogP contribution in [-0.4, -0.2) is 50.6 Å². The number of anilines is 1. The second-order valence-corrected chi connectivity index (χ2v) is 6.59. The number of piperidine rings is 1. The summed E-state index contributed by atoms with van der Waals surface area (Å²) in [7, 11) is -1.79. The Morgan fingerprint density at radius 1 is 1.45 bits per heavy atom. The summed E-state index contributed by atoms with van der Waals surface area (Å²) in [5.74, 6) is 0. The number of hydrogen-bond donors (Lipinski definition) is 1. The van der Waals surface area contributed by atoms with Gasteiger partial charge in [-0.15, -0.1) is 0 Å². The normalized spacial score (nSPS) is 18.1. The van der Waals surface area contributed by atoms with Gasteiger partial charge in [0.25, 0.3) is 0 Å². The van der Waals surface area contributed by atoms with E-state index in [1.807, 2.05) is 6.92 Å². The molecule has 20 heavy (non-hydrogen) atoms. The fourth-order valence-electron chi connectivity index (χ4n) is 2.41. The predicted octanol–water partition coefficient (Wildman–Crippen LogP) is 1.31. The van der Waals surface area contributed by atoms with Gasteiger partial charge in [-0.1, -0.05) is 0 Å². The molecule has 7 heteroatoms. The van der Waals surface area contributed by atoms with Crippen LogP contribution < -0.4 is 5.32 Å². The topological polar surface area (TPSA) is 71.5 Å². The van der Waals surface area contributed by atoms with Crippen LogP contribution in [-0.2, 0) is 14.8 Å². The molecule has 0 aliphatic carbocycles. The number of ether oxygens (including phenoxy) is 1. The maximum atomic E-state index is 12.6. The molecule has 1 saturated heterocycles. The van der Waals surface area contributed by atoms with Gasteiger partial charge < -0.3 is 10.1 Å². The molecule has 0 radical (unpaired) electrons. The minimum atomic E-state index is -3.49. The maximum Gasteiger partial charge on any atom is 0.246 e. The average molecular weight is 299 g/mol. The molecule has 0 amide bonds. The Morgan fingerprint density at radius 3 is 2.75 bits per heavy atom. The van der Waals surface area contributed by atoms with Crippen LogP contribution in [0.15, 0.2) is 23.4 Å². The standard InChI is InChI=1S/C13H21N3O3S/c1-3-19-11-5-8-16(9-6-11)20(17,18)13-10-15-7-4-12(13)14-2/h4,7,10-11H,3,5-6,8-9H2,1-2H3,(H,14,15). The highest BCUT2D eigenvalue weighted by molar-refractivity contribution is 7.89. The van der Waals surface area contributed by atoms with E-state index in [1.54, 1.807) is 19.3 Å². The van der Waals surface area contributed by atoms with Gasteiger partial charge in [-0.25, -0.2) is 8.42 Å². The van der Waals surface area contributed by atoms with Crippen LogP contribution in [0.4, 0.5) is 5.69 Å². The molecule has 0 aromatic carbocycles. The van der Waals surface area contributed by atoms with E-state index in [0.29, 0.717) is 25.4 Å². The maximum absolute atomic E-state index is 12.6. The number of rotatable bonds is 5. The van der Waals surface area contributed by atoms with Crippen LogP contribution >= 0.6 is 0 Å². The van der Waals surface area contributed by atoms with E-state index in [2.05, 4.69) is 10.3 Å². The van der Waals surface area contributed by atoms with Crippen molar-refractivity contribution in [3.8, 4) is 0 Å². The Morgan fingerprint density at radius 2 is 2.15 bits per heavy atom. The molecule has 1 fully saturated rings. The van der Waals surface area contributed by atoms with Crippen LogP contribution in [0.1, 0.15) is 19.8 Å². The van der Waals surface area contributed by atoms with E-state index in [4.69, 9.17) is 4.74 Å². The third kappa shape index (κ3) is 3.11. The molecule has 0 saturated carbocycles. The van der Waals surface area contributed by atoms with Gasteiger partial charge >= 0.3 is 0 Å². The Bertz CT molecular complexity index is 540. The van der Waals surface area contributed by atoms with Gasteiger partial charge in [0.15, 0.2) is 0 Å². The number of nitrogens with zero attached hydrogens (tertiary/aromatic N) is 2. The number of pyridine rings is 1. The van der Waals surface area contributed by atoms with Gasteiger partial charge in [0.1, 0.15) is 4.90 Å². The van der Waals surface area contributed by atoms with Gasteiger partial charge in [0.2, 0.25) is 10.0 Å². The zero-order valence-electron chi connectivity index (χ0n) is 11.9. The molecule has 2 rings (SSSR count). The minimum absolute atomic E-state index is 0.170. The molecular formula is C13H21N3O3S. The Hall–Kier alpha value is -1.18. The Balaban J connectivity index is 2.16. The van der Waals surface area contributed by atoms with E-state index in [-0.39, 0.29) is 11.0 Å². The first-order valence-electron chi connectivity index (χ1n) is 6.83. The molecule has 2 heterocycles. The van der Waals surface area contributed by atoms with Crippen molar-refractivity contribution in [2.75, 3.05) is 32.1 Å². The van der Waals surface area contributed by atoms with Crippen molar-refractivity contribution >= 4 is 15.7 Å². The third-order valence-electron chi connectivity index (χ3n) is 3.47. The van der Waals surface area contributed by atoms with Gasteiger partial charge in [0, 0.05) is 39.1 Å². The summed E-state index contributed by atoms with van der Waals surface area (Å²) < 4.78 is 32.3. The summed E-state index contributed by atoms with van der Waals surface area (Å²) in [5, 5.41) is 2.90. The second kappa shape index (κ2) is 6.51. The van der Waals surface area contributed by atoms with Crippen molar-refractivity contribution in [1.29, 1.82) is 0 Å². The highest BCUT2D eigenvalue weighted by atomic mass is 32.2. The number of sulfonamides is 1. The lowest BCUT2D eigenvalue weighted by Gasteiger charge is -2.31. The van der Waals surface area contributed by atoms with Gasteiger partial charge in [-0.2, -0.15) is 4.31 Å². The molecule has 1 aromatic rings. The first-order valence-corrected chi connectivity index (χ1v) is 8.27. The number of aromatic nitrogens is 1. The highest BCUT2D eigenvalue weighted by Gasteiger charge is 2.31. The fraction of sp³-hybridized carbons (Fsp3) is 0.615. The van der Waals surface area contributed by atoms with E-state index < -0.39 is 10.0 Å². The lowest BCUT2D eigenvalue weighted by molar-refractivity contribution is 0.0290. The molecule has 0 unspecified atom stereocenters.